The minimum absolute atomic E-state index is 0.884. The second-order valence-corrected chi connectivity index (χ2v) is 17.2. The molecule has 0 amide bonds. The second-order valence-electron chi connectivity index (χ2n) is 17.2. The fraction of sp³-hybridized carbons (Fsp3) is 0. The number of benzene rings is 12. The van der Waals surface area contributed by atoms with Crippen molar-refractivity contribution in [2.24, 2.45) is 0 Å². The summed E-state index contributed by atoms with van der Waals surface area (Å²) in [5, 5.41) is 11.9. The molecule has 12 aromatic carbocycles. The lowest BCUT2D eigenvalue weighted by Gasteiger charge is -2.27. The van der Waals surface area contributed by atoms with Crippen LogP contribution in [-0.4, -0.2) is 0 Å². The summed E-state index contributed by atoms with van der Waals surface area (Å²) >= 11 is 0. The zero-order valence-corrected chi connectivity index (χ0v) is 36.0. The third-order valence-electron chi connectivity index (χ3n) is 13.4. The molecule has 2 heteroatoms. The Balaban J connectivity index is 1.05. The van der Waals surface area contributed by atoms with Crippen molar-refractivity contribution < 1.29 is 4.42 Å². The van der Waals surface area contributed by atoms with Crippen LogP contribution in [0.3, 0.4) is 0 Å². The summed E-state index contributed by atoms with van der Waals surface area (Å²) in [6, 6.07) is 90.3. The van der Waals surface area contributed by atoms with Gasteiger partial charge in [0.15, 0.2) is 0 Å². The maximum absolute atomic E-state index is 6.67. The van der Waals surface area contributed by atoms with E-state index in [2.05, 4.69) is 254 Å². The van der Waals surface area contributed by atoms with Crippen LogP contribution in [0.2, 0.25) is 0 Å². The molecule has 1 aromatic heterocycles. The van der Waals surface area contributed by atoms with Crippen LogP contribution < -0.4 is 4.90 Å². The van der Waals surface area contributed by atoms with Gasteiger partial charge in [-0.05, 0) is 131 Å². The molecule has 0 aliphatic carbocycles. The predicted octanol–water partition coefficient (Wildman–Crippen LogP) is 18.3. The van der Waals surface area contributed by atoms with Gasteiger partial charge in [0.2, 0.25) is 0 Å². The zero-order valence-electron chi connectivity index (χ0n) is 36.0. The van der Waals surface area contributed by atoms with E-state index in [1.165, 1.54) is 71.1 Å². The summed E-state index contributed by atoms with van der Waals surface area (Å²) in [5.41, 5.74) is 14.5. The number of anilines is 3. The lowest BCUT2D eigenvalue weighted by molar-refractivity contribution is 0.673. The molecule has 13 rings (SSSR count). The molecular formula is C64H41NO. The van der Waals surface area contributed by atoms with Gasteiger partial charge in [0, 0.05) is 33.2 Å². The number of hydrogen-bond acceptors (Lipinski definition) is 2. The van der Waals surface area contributed by atoms with Gasteiger partial charge in [0.25, 0.3) is 0 Å². The summed E-state index contributed by atoms with van der Waals surface area (Å²) in [4.78, 5) is 2.42. The van der Waals surface area contributed by atoms with Gasteiger partial charge in [-0.2, -0.15) is 0 Å². The highest BCUT2D eigenvalue weighted by molar-refractivity contribution is 6.23. The molecular weight excluding hydrogens is 799 g/mol. The van der Waals surface area contributed by atoms with Gasteiger partial charge < -0.3 is 9.32 Å². The number of rotatable bonds is 7. The van der Waals surface area contributed by atoms with Gasteiger partial charge in [-0.3, -0.25) is 0 Å². The van der Waals surface area contributed by atoms with Crippen molar-refractivity contribution in [1.82, 2.24) is 0 Å². The molecule has 1 heterocycles. The smallest absolute Gasteiger partial charge is 0.143 e. The van der Waals surface area contributed by atoms with Crippen molar-refractivity contribution in [1.29, 1.82) is 0 Å². The monoisotopic (exact) mass is 839 g/mol. The standard InChI is InChI=1S/C64H41NO/c1-3-18-45(19-4-1)61-57-28-12-11-27-55(57)56-39-37-50(41-59(56)62(61)46-20-5-2-6-21-46)65(48-35-32-44(33-36-48)52-29-14-22-42-16-7-9-25-51(42)52)49-24-13-23-47(40-49)53-30-15-31-60-63(53)58-38-34-43-17-8-10-26-54(43)64(58)66-60/h1-41H. The van der Waals surface area contributed by atoms with E-state index in [0.717, 1.165) is 55.5 Å². The van der Waals surface area contributed by atoms with Crippen LogP contribution in [0.4, 0.5) is 17.1 Å². The molecule has 0 atom stereocenters. The molecule has 0 N–H and O–H groups in total. The van der Waals surface area contributed by atoms with Gasteiger partial charge in [-0.15, -0.1) is 0 Å². The molecule has 0 bridgehead atoms. The fourth-order valence-electron chi connectivity index (χ4n) is 10.4. The minimum atomic E-state index is 0.884. The average Bonchev–Trinajstić information content (AvgIpc) is 3.79. The molecule has 0 radical (unpaired) electrons. The summed E-state index contributed by atoms with van der Waals surface area (Å²) in [7, 11) is 0. The lowest BCUT2D eigenvalue weighted by atomic mass is 9.85. The van der Waals surface area contributed by atoms with Crippen LogP contribution in [-0.2, 0) is 0 Å². The second kappa shape index (κ2) is 15.5. The van der Waals surface area contributed by atoms with Gasteiger partial charge in [0.05, 0.1) is 0 Å². The quantitative estimate of drug-likeness (QED) is 0.149. The molecule has 308 valence electrons. The molecule has 0 aliphatic rings. The van der Waals surface area contributed by atoms with Crippen molar-refractivity contribution in [2.75, 3.05) is 4.90 Å². The van der Waals surface area contributed by atoms with Gasteiger partial charge in [0.1, 0.15) is 11.2 Å². The molecule has 66 heavy (non-hydrogen) atoms. The highest BCUT2D eigenvalue weighted by Gasteiger charge is 2.22. The number of hydrogen-bond donors (Lipinski definition) is 0. The first-order valence-corrected chi connectivity index (χ1v) is 22.7. The Morgan fingerprint density at radius 2 is 0.803 bits per heavy atom. The van der Waals surface area contributed by atoms with E-state index in [4.69, 9.17) is 4.42 Å². The number of nitrogens with zero attached hydrogens (tertiary/aromatic N) is 1. The molecule has 2 nitrogen and oxygen atoms in total. The first-order valence-electron chi connectivity index (χ1n) is 22.7. The van der Waals surface area contributed by atoms with Gasteiger partial charge in [-0.25, -0.2) is 0 Å². The largest absolute Gasteiger partial charge is 0.455 e. The Morgan fingerprint density at radius 3 is 1.58 bits per heavy atom. The molecule has 0 fully saturated rings. The van der Waals surface area contributed by atoms with E-state index in [0.29, 0.717) is 0 Å². The van der Waals surface area contributed by atoms with Crippen molar-refractivity contribution in [3.63, 3.8) is 0 Å². The summed E-state index contributed by atoms with van der Waals surface area (Å²) < 4.78 is 6.67. The number of fused-ring (bicyclic) bond motifs is 9. The average molecular weight is 840 g/mol. The van der Waals surface area contributed by atoms with E-state index in [9.17, 15) is 0 Å². The van der Waals surface area contributed by atoms with Crippen LogP contribution in [0.15, 0.2) is 253 Å². The maximum Gasteiger partial charge on any atom is 0.143 e. The van der Waals surface area contributed by atoms with Gasteiger partial charge in [-0.1, -0.05) is 200 Å². The molecule has 0 spiro atoms. The third-order valence-corrected chi connectivity index (χ3v) is 13.4. The Kier molecular flexibility index (Phi) is 8.89. The van der Waals surface area contributed by atoms with Crippen LogP contribution in [0.1, 0.15) is 0 Å². The van der Waals surface area contributed by atoms with E-state index < -0.39 is 0 Å². The SMILES string of the molecule is c1ccc(-c2c(-c3ccccc3)c3cc(N(c4ccc(-c5cccc6ccccc56)cc4)c4cccc(-c5cccc6oc7c8ccccc8ccc7c56)c4)ccc3c3ccccc23)cc1. The van der Waals surface area contributed by atoms with E-state index in [1.54, 1.807) is 0 Å². The van der Waals surface area contributed by atoms with Crippen molar-refractivity contribution in [3.05, 3.63) is 249 Å². The predicted molar refractivity (Wildman–Crippen MR) is 280 cm³/mol. The molecule has 0 aliphatic heterocycles. The third kappa shape index (κ3) is 6.18. The van der Waals surface area contributed by atoms with Crippen LogP contribution in [0.25, 0.3) is 110 Å². The molecule has 0 saturated heterocycles. The highest BCUT2D eigenvalue weighted by atomic mass is 16.3. The highest BCUT2D eigenvalue weighted by Crippen LogP contribution is 2.48. The van der Waals surface area contributed by atoms with Crippen LogP contribution in [0.5, 0.6) is 0 Å². The number of furan rings is 1. The first kappa shape index (κ1) is 37.8. The Bertz CT molecular complexity index is 3970. The Labute approximate surface area is 382 Å². The maximum atomic E-state index is 6.67. The fourth-order valence-corrected chi connectivity index (χ4v) is 10.4. The summed E-state index contributed by atoms with van der Waals surface area (Å²) in [6.45, 7) is 0. The topological polar surface area (TPSA) is 16.4 Å². The minimum Gasteiger partial charge on any atom is -0.455 e. The molecule has 0 unspecified atom stereocenters. The van der Waals surface area contributed by atoms with E-state index in [1.807, 2.05) is 0 Å². The van der Waals surface area contributed by atoms with Gasteiger partial charge >= 0.3 is 0 Å². The normalized spacial score (nSPS) is 11.6. The molecule has 0 saturated carbocycles. The lowest BCUT2D eigenvalue weighted by Crippen LogP contribution is -2.10. The van der Waals surface area contributed by atoms with Crippen molar-refractivity contribution in [2.45, 2.75) is 0 Å². The van der Waals surface area contributed by atoms with Crippen molar-refractivity contribution >= 4 is 82.1 Å². The zero-order chi connectivity index (χ0) is 43.6. The Hall–Kier alpha value is -8.72. The summed E-state index contributed by atoms with van der Waals surface area (Å²) in [5.74, 6) is 0. The van der Waals surface area contributed by atoms with E-state index >= 15 is 0 Å². The Morgan fingerprint density at radius 1 is 0.273 bits per heavy atom. The van der Waals surface area contributed by atoms with Crippen LogP contribution in [0, 0.1) is 0 Å². The first-order chi connectivity index (χ1) is 32.7. The van der Waals surface area contributed by atoms with Crippen LogP contribution >= 0.6 is 0 Å². The summed E-state index contributed by atoms with van der Waals surface area (Å²) in [6.07, 6.45) is 0. The van der Waals surface area contributed by atoms with Crippen molar-refractivity contribution in [3.8, 4) is 44.5 Å². The molecule has 13 aromatic rings. The van der Waals surface area contributed by atoms with E-state index in [-0.39, 0.29) is 0 Å².